The third kappa shape index (κ3) is 2.56. The van der Waals surface area contributed by atoms with Gasteiger partial charge in [-0.25, -0.2) is 0 Å². The highest BCUT2D eigenvalue weighted by Crippen LogP contribution is 2.33. The number of halogens is 3. The molecule has 1 aliphatic heterocycles. The molecule has 0 radical (unpaired) electrons. The van der Waals surface area contributed by atoms with Crippen LogP contribution in [0.3, 0.4) is 0 Å². The van der Waals surface area contributed by atoms with Gasteiger partial charge in [0, 0.05) is 17.3 Å². The SMILES string of the molecule is CNC1C(=O)Nc2cc(OCC(F)(F)F)ccc21. The summed E-state index contributed by atoms with van der Waals surface area (Å²) in [6.07, 6.45) is -4.38. The van der Waals surface area contributed by atoms with Crippen molar-refractivity contribution in [2.45, 2.75) is 12.2 Å². The molecule has 1 unspecified atom stereocenters. The van der Waals surface area contributed by atoms with Crippen LogP contribution in [-0.2, 0) is 4.79 Å². The van der Waals surface area contributed by atoms with Crippen LogP contribution in [0.15, 0.2) is 18.2 Å². The predicted octanol–water partition coefficient (Wildman–Crippen LogP) is 1.84. The van der Waals surface area contributed by atoms with Crippen molar-refractivity contribution in [1.82, 2.24) is 5.32 Å². The monoisotopic (exact) mass is 260 g/mol. The molecule has 1 aliphatic rings. The second-order valence-corrected chi connectivity index (χ2v) is 3.86. The molecule has 0 fully saturated rings. The number of anilines is 1. The fourth-order valence-electron chi connectivity index (χ4n) is 1.78. The fraction of sp³-hybridized carbons (Fsp3) is 0.364. The number of fused-ring (bicyclic) bond motifs is 1. The van der Waals surface area contributed by atoms with Crippen molar-refractivity contribution in [1.29, 1.82) is 0 Å². The van der Waals surface area contributed by atoms with E-state index in [-0.39, 0.29) is 11.7 Å². The minimum Gasteiger partial charge on any atom is -0.484 e. The van der Waals surface area contributed by atoms with Gasteiger partial charge in [0.2, 0.25) is 5.91 Å². The minimum atomic E-state index is -4.38. The molecule has 0 saturated carbocycles. The van der Waals surface area contributed by atoms with Crippen molar-refractivity contribution < 1.29 is 22.7 Å². The maximum Gasteiger partial charge on any atom is 0.422 e. The smallest absolute Gasteiger partial charge is 0.422 e. The lowest BCUT2D eigenvalue weighted by molar-refractivity contribution is -0.153. The number of likely N-dealkylation sites (N-methyl/N-ethyl adjacent to an activating group) is 1. The van der Waals surface area contributed by atoms with Crippen molar-refractivity contribution in [2.24, 2.45) is 0 Å². The van der Waals surface area contributed by atoms with Crippen molar-refractivity contribution in [3.8, 4) is 5.75 Å². The molecule has 0 aliphatic carbocycles. The van der Waals surface area contributed by atoms with E-state index in [0.29, 0.717) is 11.3 Å². The van der Waals surface area contributed by atoms with Crippen LogP contribution in [0.5, 0.6) is 5.75 Å². The number of carbonyl (C=O) groups excluding carboxylic acids is 1. The summed E-state index contributed by atoms with van der Waals surface area (Å²) < 4.78 is 40.6. The number of amides is 1. The Morgan fingerprint density at radius 3 is 2.78 bits per heavy atom. The van der Waals surface area contributed by atoms with E-state index in [2.05, 4.69) is 15.4 Å². The summed E-state index contributed by atoms with van der Waals surface area (Å²) in [4.78, 5) is 11.5. The number of nitrogens with one attached hydrogen (secondary N) is 2. The average Bonchev–Trinajstić information content (AvgIpc) is 2.59. The maximum atomic E-state index is 12.0. The van der Waals surface area contributed by atoms with E-state index >= 15 is 0 Å². The molecule has 2 N–H and O–H groups in total. The zero-order valence-corrected chi connectivity index (χ0v) is 9.47. The van der Waals surface area contributed by atoms with Gasteiger partial charge in [-0.05, 0) is 13.1 Å². The summed E-state index contributed by atoms with van der Waals surface area (Å²) in [5.74, 6) is -0.163. The molecule has 7 heteroatoms. The van der Waals surface area contributed by atoms with Crippen LogP contribution in [0.2, 0.25) is 0 Å². The Bertz CT molecular complexity index is 474. The molecule has 2 rings (SSSR count). The molecule has 0 spiro atoms. The summed E-state index contributed by atoms with van der Waals surface area (Å²) in [6.45, 7) is -1.35. The van der Waals surface area contributed by atoms with Crippen molar-refractivity contribution in [3.05, 3.63) is 23.8 Å². The maximum absolute atomic E-state index is 12.0. The van der Waals surface area contributed by atoms with Crippen LogP contribution in [0.4, 0.5) is 18.9 Å². The Morgan fingerprint density at radius 2 is 2.17 bits per heavy atom. The van der Waals surface area contributed by atoms with E-state index in [0.717, 1.165) is 0 Å². The number of ether oxygens (including phenoxy) is 1. The van der Waals surface area contributed by atoms with Gasteiger partial charge in [0.15, 0.2) is 6.61 Å². The van der Waals surface area contributed by atoms with E-state index in [1.165, 1.54) is 12.1 Å². The number of hydrogen-bond donors (Lipinski definition) is 2. The molecular weight excluding hydrogens is 249 g/mol. The van der Waals surface area contributed by atoms with Crippen LogP contribution < -0.4 is 15.4 Å². The first-order valence-electron chi connectivity index (χ1n) is 5.22. The third-order valence-electron chi connectivity index (χ3n) is 2.55. The van der Waals surface area contributed by atoms with Gasteiger partial charge in [0.1, 0.15) is 11.8 Å². The van der Waals surface area contributed by atoms with Crippen LogP contribution in [-0.4, -0.2) is 25.7 Å². The number of carbonyl (C=O) groups is 1. The van der Waals surface area contributed by atoms with E-state index in [4.69, 9.17) is 0 Å². The van der Waals surface area contributed by atoms with Crippen LogP contribution in [0.1, 0.15) is 11.6 Å². The molecule has 18 heavy (non-hydrogen) atoms. The van der Waals surface area contributed by atoms with Crippen LogP contribution in [0.25, 0.3) is 0 Å². The van der Waals surface area contributed by atoms with E-state index in [1.807, 2.05) is 0 Å². The van der Waals surface area contributed by atoms with Gasteiger partial charge in [-0.1, -0.05) is 6.07 Å². The highest BCUT2D eigenvalue weighted by atomic mass is 19.4. The van der Waals surface area contributed by atoms with Gasteiger partial charge < -0.3 is 15.4 Å². The second kappa shape index (κ2) is 4.49. The molecule has 1 aromatic rings. The Kier molecular flexibility index (Phi) is 3.16. The van der Waals surface area contributed by atoms with Gasteiger partial charge in [-0.3, -0.25) is 4.79 Å². The average molecular weight is 260 g/mol. The molecule has 1 aromatic carbocycles. The largest absolute Gasteiger partial charge is 0.484 e. The summed E-state index contributed by atoms with van der Waals surface area (Å²) >= 11 is 0. The molecule has 4 nitrogen and oxygen atoms in total. The summed E-state index contributed by atoms with van der Waals surface area (Å²) in [7, 11) is 1.63. The van der Waals surface area contributed by atoms with Crippen LogP contribution >= 0.6 is 0 Å². The lowest BCUT2D eigenvalue weighted by Crippen LogP contribution is -2.23. The molecule has 0 aromatic heterocycles. The molecular formula is C11H11F3N2O2. The number of rotatable bonds is 3. The lowest BCUT2D eigenvalue weighted by atomic mass is 10.1. The molecule has 1 heterocycles. The van der Waals surface area contributed by atoms with Gasteiger partial charge in [0.05, 0.1) is 0 Å². The Morgan fingerprint density at radius 1 is 1.44 bits per heavy atom. The summed E-state index contributed by atoms with van der Waals surface area (Å²) in [6, 6.07) is 3.89. The molecule has 0 saturated heterocycles. The van der Waals surface area contributed by atoms with Gasteiger partial charge in [-0.15, -0.1) is 0 Å². The normalized spacial score (nSPS) is 18.4. The van der Waals surface area contributed by atoms with Crippen LogP contribution in [0, 0.1) is 0 Å². The van der Waals surface area contributed by atoms with E-state index < -0.39 is 18.8 Å². The number of hydrogen-bond acceptors (Lipinski definition) is 3. The molecule has 98 valence electrons. The van der Waals surface area contributed by atoms with Gasteiger partial charge >= 0.3 is 6.18 Å². The second-order valence-electron chi connectivity index (χ2n) is 3.86. The van der Waals surface area contributed by atoms with Crippen molar-refractivity contribution >= 4 is 11.6 Å². The zero-order chi connectivity index (χ0) is 13.3. The van der Waals surface area contributed by atoms with Crippen molar-refractivity contribution in [2.75, 3.05) is 19.0 Å². The predicted molar refractivity (Wildman–Crippen MR) is 58.4 cm³/mol. The first-order chi connectivity index (χ1) is 8.40. The Balaban J connectivity index is 2.15. The summed E-state index contributed by atoms with van der Waals surface area (Å²) in [5.41, 5.74) is 1.17. The quantitative estimate of drug-likeness (QED) is 0.871. The third-order valence-corrected chi connectivity index (χ3v) is 2.55. The van der Waals surface area contributed by atoms with Crippen molar-refractivity contribution in [3.63, 3.8) is 0 Å². The van der Waals surface area contributed by atoms with E-state index in [1.54, 1.807) is 13.1 Å². The molecule has 1 atom stereocenters. The van der Waals surface area contributed by atoms with Gasteiger partial charge in [-0.2, -0.15) is 13.2 Å². The lowest BCUT2D eigenvalue weighted by Gasteiger charge is -2.10. The number of benzene rings is 1. The first-order valence-corrected chi connectivity index (χ1v) is 5.22. The van der Waals surface area contributed by atoms with E-state index in [9.17, 15) is 18.0 Å². The topological polar surface area (TPSA) is 50.4 Å². The molecule has 0 bridgehead atoms. The highest BCUT2D eigenvalue weighted by molar-refractivity contribution is 6.02. The zero-order valence-electron chi connectivity index (χ0n) is 9.47. The molecule has 1 amide bonds. The standard InChI is InChI=1S/C11H11F3N2O2/c1-15-9-7-3-2-6(18-5-11(12,13)14)4-8(7)16-10(9)17/h2-4,9,15H,5H2,1H3,(H,16,17). The summed E-state index contributed by atoms with van der Waals surface area (Å²) in [5, 5.41) is 5.39. The first kappa shape index (κ1) is 12.7. The highest BCUT2D eigenvalue weighted by Gasteiger charge is 2.31. The minimum absolute atomic E-state index is 0.0723. The number of alkyl halides is 3. The van der Waals surface area contributed by atoms with Gasteiger partial charge in [0.25, 0.3) is 0 Å². The Hall–Kier alpha value is -1.76. The Labute approximate surface area is 101 Å². The fourth-order valence-corrected chi connectivity index (χ4v) is 1.78.